The summed E-state index contributed by atoms with van der Waals surface area (Å²) < 4.78 is 0. The van der Waals surface area contributed by atoms with E-state index in [-0.39, 0.29) is 0 Å². The number of hydrogen-bond acceptors (Lipinski definition) is 3. The summed E-state index contributed by atoms with van der Waals surface area (Å²) in [7, 11) is 0. The molecule has 0 bridgehead atoms. The Morgan fingerprint density at radius 2 is 2.42 bits per heavy atom. The van der Waals surface area contributed by atoms with Gasteiger partial charge < -0.3 is 5.32 Å². The summed E-state index contributed by atoms with van der Waals surface area (Å²) in [6.45, 7) is 3.29. The van der Waals surface area contributed by atoms with E-state index in [1.807, 2.05) is 11.8 Å². The lowest BCUT2D eigenvalue weighted by atomic mass is 10.2. The Labute approximate surface area is 78.2 Å². The molecule has 0 aromatic heterocycles. The second-order valence-corrected chi connectivity index (χ2v) is 4.74. The van der Waals surface area contributed by atoms with Crippen LogP contribution < -0.4 is 5.32 Å². The van der Waals surface area contributed by atoms with Gasteiger partial charge >= 0.3 is 0 Å². The summed E-state index contributed by atoms with van der Waals surface area (Å²) in [6.07, 6.45) is 4.06. The lowest BCUT2D eigenvalue weighted by molar-refractivity contribution is 0.589. The zero-order chi connectivity index (χ0) is 8.39. The van der Waals surface area contributed by atoms with Crippen molar-refractivity contribution in [1.82, 2.24) is 5.32 Å². The zero-order valence-corrected chi connectivity index (χ0v) is 8.36. The molecule has 1 fully saturated rings. The average Bonchev–Trinajstić information content (AvgIpc) is 2.88. The van der Waals surface area contributed by atoms with Gasteiger partial charge in [0, 0.05) is 18.3 Å². The van der Waals surface area contributed by atoms with Gasteiger partial charge in [-0.25, -0.2) is 0 Å². The first-order valence-electron chi connectivity index (χ1n) is 4.80. The largest absolute Gasteiger partial charge is 0.362 e. The second kappa shape index (κ2) is 3.69. The Morgan fingerprint density at radius 1 is 1.58 bits per heavy atom. The highest BCUT2D eigenvalue weighted by molar-refractivity contribution is 8.13. The highest BCUT2D eigenvalue weighted by Crippen LogP contribution is 2.32. The minimum atomic E-state index is 0.648. The SMILES string of the molecule is CC(NC1=NCCCS1)C1CC1. The van der Waals surface area contributed by atoms with Crippen LogP contribution in [0.25, 0.3) is 0 Å². The van der Waals surface area contributed by atoms with Crippen molar-refractivity contribution in [3.8, 4) is 0 Å². The highest BCUT2D eigenvalue weighted by atomic mass is 32.2. The molecule has 0 aromatic carbocycles. The van der Waals surface area contributed by atoms with Crippen LogP contribution in [0.1, 0.15) is 26.2 Å². The molecule has 3 heteroatoms. The number of amidine groups is 1. The average molecular weight is 184 g/mol. The van der Waals surface area contributed by atoms with Crippen LogP contribution in [0.15, 0.2) is 4.99 Å². The van der Waals surface area contributed by atoms with E-state index in [2.05, 4.69) is 17.2 Å². The number of hydrogen-bond donors (Lipinski definition) is 1. The molecule has 2 aliphatic rings. The molecule has 0 aromatic rings. The molecule has 68 valence electrons. The Kier molecular flexibility index (Phi) is 2.59. The first-order valence-corrected chi connectivity index (χ1v) is 5.78. The van der Waals surface area contributed by atoms with Gasteiger partial charge in [0.2, 0.25) is 0 Å². The van der Waals surface area contributed by atoms with Crippen molar-refractivity contribution in [2.75, 3.05) is 12.3 Å². The van der Waals surface area contributed by atoms with E-state index >= 15 is 0 Å². The molecule has 2 nitrogen and oxygen atoms in total. The van der Waals surface area contributed by atoms with Gasteiger partial charge in [-0.3, -0.25) is 4.99 Å². The summed E-state index contributed by atoms with van der Waals surface area (Å²) in [4.78, 5) is 4.45. The van der Waals surface area contributed by atoms with Crippen molar-refractivity contribution >= 4 is 16.9 Å². The van der Waals surface area contributed by atoms with Crippen molar-refractivity contribution in [3.05, 3.63) is 0 Å². The third-order valence-corrected chi connectivity index (χ3v) is 3.49. The maximum atomic E-state index is 4.45. The summed E-state index contributed by atoms with van der Waals surface area (Å²) in [5, 5.41) is 4.67. The van der Waals surface area contributed by atoms with E-state index in [0.29, 0.717) is 6.04 Å². The minimum absolute atomic E-state index is 0.648. The van der Waals surface area contributed by atoms with Gasteiger partial charge in [-0.1, -0.05) is 11.8 Å². The van der Waals surface area contributed by atoms with Crippen LogP contribution in [0.3, 0.4) is 0 Å². The predicted octanol–water partition coefficient (Wildman–Crippen LogP) is 1.87. The summed E-state index contributed by atoms with van der Waals surface area (Å²) >= 11 is 1.88. The fourth-order valence-electron chi connectivity index (χ4n) is 1.46. The Balaban J connectivity index is 1.80. The Bertz CT molecular complexity index is 187. The molecule has 1 aliphatic carbocycles. The molecule has 1 unspecified atom stereocenters. The predicted molar refractivity (Wildman–Crippen MR) is 54.7 cm³/mol. The molecule has 1 heterocycles. The Morgan fingerprint density at radius 3 is 3.00 bits per heavy atom. The van der Waals surface area contributed by atoms with E-state index in [9.17, 15) is 0 Å². The smallest absolute Gasteiger partial charge is 0.156 e. The van der Waals surface area contributed by atoms with E-state index in [0.717, 1.165) is 12.5 Å². The third-order valence-electron chi connectivity index (χ3n) is 2.48. The van der Waals surface area contributed by atoms with E-state index in [4.69, 9.17) is 0 Å². The van der Waals surface area contributed by atoms with Crippen LogP contribution in [0, 0.1) is 5.92 Å². The van der Waals surface area contributed by atoms with E-state index in [1.54, 1.807) is 0 Å². The van der Waals surface area contributed by atoms with Crippen LogP contribution in [0.4, 0.5) is 0 Å². The molecule has 1 N–H and O–H groups in total. The fourth-order valence-corrected chi connectivity index (χ4v) is 2.37. The molecule has 0 spiro atoms. The number of rotatable bonds is 2. The van der Waals surface area contributed by atoms with Crippen LogP contribution in [-0.2, 0) is 0 Å². The van der Waals surface area contributed by atoms with Gasteiger partial charge in [0.1, 0.15) is 0 Å². The molecule has 0 amide bonds. The maximum Gasteiger partial charge on any atom is 0.156 e. The van der Waals surface area contributed by atoms with Gasteiger partial charge in [-0.05, 0) is 32.1 Å². The van der Waals surface area contributed by atoms with Crippen molar-refractivity contribution in [2.45, 2.75) is 32.2 Å². The van der Waals surface area contributed by atoms with Crippen LogP contribution in [0.5, 0.6) is 0 Å². The lowest BCUT2D eigenvalue weighted by Crippen LogP contribution is -2.33. The minimum Gasteiger partial charge on any atom is -0.362 e. The molecular formula is C9H16N2S. The molecular weight excluding hydrogens is 168 g/mol. The zero-order valence-electron chi connectivity index (χ0n) is 7.55. The molecule has 0 radical (unpaired) electrons. The highest BCUT2D eigenvalue weighted by Gasteiger charge is 2.28. The van der Waals surface area contributed by atoms with Gasteiger partial charge in [0.25, 0.3) is 0 Å². The quantitative estimate of drug-likeness (QED) is 0.708. The van der Waals surface area contributed by atoms with E-state index in [1.165, 1.54) is 30.2 Å². The third kappa shape index (κ3) is 2.16. The fraction of sp³-hybridized carbons (Fsp3) is 0.889. The lowest BCUT2D eigenvalue weighted by Gasteiger charge is -2.18. The van der Waals surface area contributed by atoms with Crippen molar-refractivity contribution in [3.63, 3.8) is 0 Å². The van der Waals surface area contributed by atoms with Gasteiger partial charge in [0.15, 0.2) is 5.17 Å². The van der Waals surface area contributed by atoms with Crippen molar-refractivity contribution in [1.29, 1.82) is 0 Å². The first kappa shape index (κ1) is 8.42. The monoisotopic (exact) mass is 184 g/mol. The van der Waals surface area contributed by atoms with Crippen LogP contribution >= 0.6 is 11.8 Å². The number of thioether (sulfide) groups is 1. The molecule has 1 aliphatic heterocycles. The van der Waals surface area contributed by atoms with Gasteiger partial charge in [0.05, 0.1) is 0 Å². The molecule has 0 saturated heterocycles. The summed E-state index contributed by atoms with van der Waals surface area (Å²) in [5.74, 6) is 2.17. The van der Waals surface area contributed by atoms with Gasteiger partial charge in [-0.2, -0.15) is 0 Å². The van der Waals surface area contributed by atoms with E-state index < -0.39 is 0 Å². The molecule has 1 atom stereocenters. The molecule has 2 rings (SSSR count). The normalized spacial score (nSPS) is 26.2. The Hall–Kier alpha value is -0.180. The molecule has 1 saturated carbocycles. The number of nitrogens with one attached hydrogen (secondary N) is 1. The van der Waals surface area contributed by atoms with Crippen LogP contribution in [0.2, 0.25) is 0 Å². The first-order chi connectivity index (χ1) is 5.86. The number of nitrogens with zero attached hydrogens (tertiary/aromatic N) is 1. The topological polar surface area (TPSA) is 24.4 Å². The maximum absolute atomic E-state index is 4.45. The second-order valence-electron chi connectivity index (χ2n) is 3.66. The molecule has 12 heavy (non-hydrogen) atoms. The summed E-state index contributed by atoms with van der Waals surface area (Å²) in [5.41, 5.74) is 0. The van der Waals surface area contributed by atoms with Crippen molar-refractivity contribution in [2.24, 2.45) is 10.9 Å². The van der Waals surface area contributed by atoms with Crippen LogP contribution in [-0.4, -0.2) is 23.5 Å². The number of aliphatic imine (C=N–C) groups is 1. The van der Waals surface area contributed by atoms with Gasteiger partial charge in [-0.15, -0.1) is 0 Å². The standard InChI is InChI=1S/C9H16N2S/c1-7(8-3-4-8)11-9-10-5-2-6-12-9/h7-8H,2-6H2,1H3,(H,10,11). The summed E-state index contributed by atoms with van der Waals surface area (Å²) in [6, 6.07) is 0.648. The van der Waals surface area contributed by atoms with Crippen molar-refractivity contribution < 1.29 is 0 Å².